The van der Waals surface area contributed by atoms with Crippen LogP contribution in [0.3, 0.4) is 0 Å². The molecule has 0 fully saturated rings. The summed E-state index contributed by atoms with van der Waals surface area (Å²) < 4.78 is 28.5. The van der Waals surface area contributed by atoms with Gasteiger partial charge in [0, 0.05) is 5.39 Å². The molecule has 17 heavy (non-hydrogen) atoms. The van der Waals surface area contributed by atoms with Crippen LogP contribution < -0.4 is 0 Å². The van der Waals surface area contributed by atoms with Crippen molar-refractivity contribution < 1.29 is 12.6 Å². The van der Waals surface area contributed by atoms with Crippen molar-refractivity contribution in [3.8, 4) is 12.3 Å². The Bertz CT molecular complexity index is 676. The van der Waals surface area contributed by atoms with Gasteiger partial charge in [0.05, 0.1) is 0 Å². The Balaban J connectivity index is 2.60. The maximum absolute atomic E-state index is 11.9. The van der Waals surface area contributed by atoms with E-state index in [1.54, 1.807) is 18.2 Å². The maximum Gasteiger partial charge on any atom is 0.298 e. The third kappa shape index (κ3) is 2.31. The number of hydrogen-bond acceptors (Lipinski definition) is 3. The molecule has 4 heteroatoms. The molecule has 0 aromatic heterocycles. The van der Waals surface area contributed by atoms with Crippen LogP contribution in [0.4, 0.5) is 0 Å². The standard InChI is InChI=1S/C13H10O3S/c1-2-10-16-17(14,15)13-9-5-7-11-6-3-4-8-12(11)13/h1,3-9H,10H2. The summed E-state index contributed by atoms with van der Waals surface area (Å²) in [6.45, 7) is -0.258. The summed E-state index contributed by atoms with van der Waals surface area (Å²) in [6.07, 6.45) is 4.99. The Labute approximate surface area is 100 Å². The molecule has 0 spiro atoms. The van der Waals surface area contributed by atoms with Gasteiger partial charge in [0.25, 0.3) is 10.1 Å². The van der Waals surface area contributed by atoms with Gasteiger partial charge < -0.3 is 0 Å². The van der Waals surface area contributed by atoms with Gasteiger partial charge in [0.1, 0.15) is 11.5 Å². The third-order valence-electron chi connectivity index (χ3n) is 2.32. The molecule has 3 nitrogen and oxygen atoms in total. The van der Waals surface area contributed by atoms with Crippen LogP contribution in [-0.2, 0) is 14.3 Å². The highest BCUT2D eigenvalue weighted by Gasteiger charge is 2.17. The summed E-state index contributed by atoms with van der Waals surface area (Å²) >= 11 is 0. The van der Waals surface area contributed by atoms with E-state index in [1.807, 2.05) is 18.2 Å². The van der Waals surface area contributed by atoms with Crippen LogP contribution in [0.25, 0.3) is 10.8 Å². The molecule has 0 radical (unpaired) electrons. The Morgan fingerprint density at radius 3 is 2.59 bits per heavy atom. The molecule has 2 aromatic rings. The molecule has 0 aliphatic carbocycles. The molecule has 0 unspecified atom stereocenters. The van der Waals surface area contributed by atoms with Crippen molar-refractivity contribution >= 4 is 20.9 Å². The monoisotopic (exact) mass is 246 g/mol. The lowest BCUT2D eigenvalue weighted by molar-refractivity contribution is 0.364. The van der Waals surface area contributed by atoms with E-state index in [-0.39, 0.29) is 11.5 Å². The molecule has 2 rings (SSSR count). The zero-order valence-electron chi connectivity index (χ0n) is 8.96. The first kappa shape index (κ1) is 11.6. The van der Waals surface area contributed by atoms with E-state index in [0.717, 1.165) is 5.39 Å². The maximum atomic E-state index is 11.9. The molecular formula is C13H10O3S. The van der Waals surface area contributed by atoms with Gasteiger partial charge >= 0.3 is 0 Å². The van der Waals surface area contributed by atoms with Crippen molar-refractivity contribution in [3.63, 3.8) is 0 Å². The van der Waals surface area contributed by atoms with E-state index >= 15 is 0 Å². The zero-order valence-corrected chi connectivity index (χ0v) is 9.78. The second kappa shape index (κ2) is 4.58. The molecule has 2 aromatic carbocycles. The lowest BCUT2D eigenvalue weighted by Gasteiger charge is -2.06. The van der Waals surface area contributed by atoms with Crippen molar-refractivity contribution in [1.82, 2.24) is 0 Å². The Morgan fingerprint density at radius 1 is 1.12 bits per heavy atom. The summed E-state index contributed by atoms with van der Waals surface area (Å²) in [5, 5.41) is 1.48. The molecular weight excluding hydrogens is 236 g/mol. The van der Waals surface area contributed by atoms with Gasteiger partial charge in [-0.1, -0.05) is 42.3 Å². The van der Waals surface area contributed by atoms with Crippen molar-refractivity contribution in [3.05, 3.63) is 42.5 Å². The average molecular weight is 246 g/mol. The van der Waals surface area contributed by atoms with Crippen molar-refractivity contribution in [1.29, 1.82) is 0 Å². The summed E-state index contributed by atoms with van der Waals surface area (Å²) in [5.74, 6) is 2.14. The Kier molecular flexibility index (Phi) is 3.14. The van der Waals surface area contributed by atoms with Crippen LogP contribution >= 0.6 is 0 Å². The topological polar surface area (TPSA) is 43.4 Å². The van der Waals surface area contributed by atoms with Crippen LogP contribution in [0.5, 0.6) is 0 Å². The van der Waals surface area contributed by atoms with Crippen molar-refractivity contribution in [2.75, 3.05) is 6.61 Å². The largest absolute Gasteiger partial charge is 0.298 e. The van der Waals surface area contributed by atoms with Gasteiger partial charge in [-0.05, 0) is 11.5 Å². The summed E-state index contributed by atoms with van der Waals surface area (Å²) in [6, 6.07) is 12.2. The van der Waals surface area contributed by atoms with E-state index in [9.17, 15) is 8.42 Å². The normalized spacial score (nSPS) is 11.2. The van der Waals surface area contributed by atoms with Crippen LogP contribution in [0.15, 0.2) is 47.4 Å². The highest BCUT2D eigenvalue weighted by atomic mass is 32.2. The molecule has 0 aliphatic heterocycles. The highest BCUT2D eigenvalue weighted by molar-refractivity contribution is 7.87. The van der Waals surface area contributed by atoms with Crippen LogP contribution in [0.2, 0.25) is 0 Å². The number of terminal acetylenes is 1. The molecule has 0 N–H and O–H groups in total. The molecule has 0 saturated heterocycles. The molecule has 0 amide bonds. The first-order chi connectivity index (χ1) is 8.15. The van der Waals surface area contributed by atoms with Gasteiger partial charge in [-0.2, -0.15) is 8.42 Å². The summed E-state index contributed by atoms with van der Waals surface area (Å²) in [5.41, 5.74) is 0. The fourth-order valence-corrected chi connectivity index (χ4v) is 2.64. The molecule has 86 valence electrons. The number of rotatable bonds is 3. The quantitative estimate of drug-likeness (QED) is 0.616. The number of hydrogen-bond donors (Lipinski definition) is 0. The lowest BCUT2D eigenvalue weighted by atomic mass is 10.1. The SMILES string of the molecule is C#CCOS(=O)(=O)c1cccc2ccccc12. The third-order valence-corrected chi connectivity index (χ3v) is 3.64. The summed E-state index contributed by atoms with van der Waals surface area (Å²) in [4.78, 5) is 0.144. The molecule has 0 bridgehead atoms. The minimum atomic E-state index is -3.79. The van der Waals surface area contributed by atoms with Gasteiger partial charge in [-0.25, -0.2) is 0 Å². The van der Waals surface area contributed by atoms with E-state index in [2.05, 4.69) is 5.92 Å². The predicted molar refractivity (Wildman–Crippen MR) is 65.9 cm³/mol. The second-order valence-electron chi connectivity index (χ2n) is 3.40. The van der Waals surface area contributed by atoms with E-state index < -0.39 is 10.1 Å². The predicted octanol–water partition coefficient (Wildman–Crippen LogP) is 2.18. The van der Waals surface area contributed by atoms with Crippen LogP contribution in [-0.4, -0.2) is 15.0 Å². The van der Waals surface area contributed by atoms with Gasteiger partial charge in [-0.15, -0.1) is 6.42 Å². The second-order valence-corrected chi connectivity index (χ2v) is 4.98. The molecule has 0 aliphatic rings. The Morgan fingerprint density at radius 2 is 1.82 bits per heavy atom. The van der Waals surface area contributed by atoms with E-state index in [1.165, 1.54) is 6.07 Å². The lowest BCUT2D eigenvalue weighted by Crippen LogP contribution is -2.07. The van der Waals surface area contributed by atoms with Crippen LogP contribution in [0.1, 0.15) is 0 Å². The minimum absolute atomic E-state index is 0.144. The smallest absolute Gasteiger partial charge is 0.253 e. The minimum Gasteiger partial charge on any atom is -0.253 e. The number of benzene rings is 2. The van der Waals surface area contributed by atoms with Gasteiger partial charge in [0.2, 0.25) is 0 Å². The number of fused-ring (bicyclic) bond motifs is 1. The Hall–Kier alpha value is -1.83. The fraction of sp³-hybridized carbons (Fsp3) is 0.0769. The molecule has 0 saturated carbocycles. The molecule has 0 atom stereocenters. The first-order valence-electron chi connectivity index (χ1n) is 4.96. The van der Waals surface area contributed by atoms with Gasteiger partial charge in [-0.3, -0.25) is 4.18 Å². The van der Waals surface area contributed by atoms with E-state index in [0.29, 0.717) is 5.39 Å². The van der Waals surface area contributed by atoms with Crippen LogP contribution in [0, 0.1) is 12.3 Å². The highest BCUT2D eigenvalue weighted by Crippen LogP contribution is 2.23. The fourth-order valence-electron chi connectivity index (χ4n) is 1.59. The zero-order chi connectivity index (χ0) is 12.3. The first-order valence-corrected chi connectivity index (χ1v) is 6.36. The van der Waals surface area contributed by atoms with Gasteiger partial charge in [0.15, 0.2) is 0 Å². The molecule has 0 heterocycles. The van der Waals surface area contributed by atoms with Crippen molar-refractivity contribution in [2.45, 2.75) is 4.90 Å². The van der Waals surface area contributed by atoms with Crippen molar-refractivity contribution in [2.24, 2.45) is 0 Å². The average Bonchev–Trinajstić information content (AvgIpc) is 2.36. The van der Waals surface area contributed by atoms with E-state index in [4.69, 9.17) is 10.6 Å². The summed E-state index contributed by atoms with van der Waals surface area (Å²) in [7, 11) is -3.79.